The molecule has 0 amide bonds. The molecule has 1 aromatic carbocycles. The largest absolute Gasteiger partial charge is 0.338 e. The van der Waals surface area contributed by atoms with E-state index in [9.17, 15) is 0 Å². The standard InChI is InChI=1S/C20H15N5/c1-2-5-14(6-3-1)25-12-17-15-8-10-21-11-18(15)24-20-16(7-4-9-22-20)19(17)23-13-25/h1-11,13H,12H2,(H,22,24). The van der Waals surface area contributed by atoms with Gasteiger partial charge in [0.1, 0.15) is 5.82 Å². The number of hydrogen-bond donors (Lipinski definition) is 1. The molecule has 5 rings (SSSR count). The molecular formula is C20H15N5. The summed E-state index contributed by atoms with van der Waals surface area (Å²) >= 11 is 0. The molecule has 25 heavy (non-hydrogen) atoms. The molecule has 0 radical (unpaired) electrons. The highest BCUT2D eigenvalue weighted by Crippen LogP contribution is 2.40. The smallest absolute Gasteiger partial charge is 0.139 e. The van der Waals surface area contributed by atoms with E-state index in [-0.39, 0.29) is 0 Å². The number of nitrogens with one attached hydrogen (secondary N) is 1. The van der Waals surface area contributed by atoms with Gasteiger partial charge in [0.2, 0.25) is 0 Å². The van der Waals surface area contributed by atoms with Crippen LogP contribution in [0.4, 0.5) is 17.2 Å². The predicted molar refractivity (Wildman–Crippen MR) is 101 cm³/mol. The van der Waals surface area contributed by atoms with Gasteiger partial charge in [-0.25, -0.2) is 9.98 Å². The molecular weight excluding hydrogens is 310 g/mol. The molecule has 0 fully saturated rings. The maximum Gasteiger partial charge on any atom is 0.139 e. The van der Waals surface area contributed by atoms with E-state index in [0.29, 0.717) is 0 Å². The van der Waals surface area contributed by atoms with Gasteiger partial charge in [-0.2, -0.15) is 0 Å². The van der Waals surface area contributed by atoms with Gasteiger partial charge in [-0.3, -0.25) is 4.98 Å². The Morgan fingerprint density at radius 1 is 0.920 bits per heavy atom. The van der Waals surface area contributed by atoms with E-state index in [1.807, 2.05) is 49.1 Å². The lowest BCUT2D eigenvalue weighted by molar-refractivity contribution is 1.14. The first-order valence-corrected chi connectivity index (χ1v) is 8.16. The third kappa shape index (κ3) is 2.29. The van der Waals surface area contributed by atoms with E-state index in [1.54, 1.807) is 6.20 Å². The molecule has 3 aromatic rings. The summed E-state index contributed by atoms with van der Waals surface area (Å²) in [6.07, 6.45) is 7.35. The molecule has 2 aliphatic heterocycles. The Morgan fingerprint density at radius 3 is 2.76 bits per heavy atom. The fourth-order valence-corrected chi connectivity index (χ4v) is 3.29. The molecule has 5 heteroatoms. The zero-order chi connectivity index (χ0) is 16.6. The zero-order valence-electron chi connectivity index (χ0n) is 13.4. The second kappa shape index (κ2) is 5.56. The van der Waals surface area contributed by atoms with Crippen molar-refractivity contribution >= 4 is 34.8 Å². The lowest BCUT2D eigenvalue weighted by Crippen LogP contribution is -2.26. The Kier molecular flexibility index (Phi) is 3.10. The average Bonchev–Trinajstić information content (AvgIpc) is 2.83. The van der Waals surface area contributed by atoms with Crippen LogP contribution in [-0.2, 0) is 0 Å². The molecule has 0 saturated heterocycles. The zero-order valence-corrected chi connectivity index (χ0v) is 13.4. The Labute approximate surface area is 145 Å². The van der Waals surface area contributed by atoms with E-state index < -0.39 is 0 Å². The van der Waals surface area contributed by atoms with Gasteiger partial charge < -0.3 is 10.2 Å². The first-order chi connectivity index (χ1) is 12.4. The Balaban J connectivity index is 1.69. The third-order valence-electron chi connectivity index (χ3n) is 4.49. The van der Waals surface area contributed by atoms with Crippen molar-refractivity contribution < 1.29 is 0 Å². The molecule has 0 unspecified atom stereocenters. The van der Waals surface area contributed by atoms with Gasteiger partial charge in [0.25, 0.3) is 0 Å². The third-order valence-corrected chi connectivity index (χ3v) is 4.49. The number of rotatable bonds is 1. The van der Waals surface area contributed by atoms with Crippen molar-refractivity contribution in [3.8, 4) is 0 Å². The number of aromatic nitrogens is 2. The van der Waals surface area contributed by atoms with Crippen molar-refractivity contribution in [3.63, 3.8) is 0 Å². The van der Waals surface area contributed by atoms with Gasteiger partial charge in [-0.05, 0) is 30.3 Å². The summed E-state index contributed by atoms with van der Waals surface area (Å²) in [5, 5.41) is 3.41. The molecule has 0 atom stereocenters. The highest BCUT2D eigenvalue weighted by Gasteiger charge is 2.26. The second-order valence-electron chi connectivity index (χ2n) is 5.98. The van der Waals surface area contributed by atoms with Crippen molar-refractivity contribution in [1.29, 1.82) is 0 Å². The Hall–Kier alpha value is -3.47. The van der Waals surface area contributed by atoms with Gasteiger partial charge in [0.05, 0.1) is 30.5 Å². The molecule has 1 N–H and O–H groups in total. The lowest BCUT2D eigenvalue weighted by Gasteiger charge is -2.26. The van der Waals surface area contributed by atoms with Gasteiger partial charge >= 0.3 is 0 Å². The summed E-state index contributed by atoms with van der Waals surface area (Å²) in [7, 11) is 0. The number of anilines is 3. The van der Waals surface area contributed by atoms with Crippen LogP contribution in [0.3, 0.4) is 0 Å². The second-order valence-corrected chi connectivity index (χ2v) is 5.98. The van der Waals surface area contributed by atoms with Crippen molar-refractivity contribution in [2.45, 2.75) is 0 Å². The summed E-state index contributed by atoms with van der Waals surface area (Å²) in [6.45, 7) is 0.746. The molecule has 0 spiro atoms. The number of para-hydroxylation sites is 1. The fourth-order valence-electron chi connectivity index (χ4n) is 3.29. The average molecular weight is 325 g/mol. The molecule has 5 nitrogen and oxygen atoms in total. The van der Waals surface area contributed by atoms with Crippen LogP contribution < -0.4 is 10.2 Å². The Morgan fingerprint density at radius 2 is 1.84 bits per heavy atom. The minimum Gasteiger partial charge on any atom is -0.338 e. The number of aliphatic imine (C=N–C) groups is 1. The fraction of sp³-hybridized carbons (Fsp3) is 0.0500. The van der Waals surface area contributed by atoms with E-state index in [1.165, 1.54) is 5.57 Å². The number of hydrogen-bond acceptors (Lipinski definition) is 5. The van der Waals surface area contributed by atoms with Gasteiger partial charge in [-0.1, -0.05) is 18.2 Å². The van der Waals surface area contributed by atoms with E-state index in [4.69, 9.17) is 4.99 Å². The van der Waals surface area contributed by atoms with Crippen LogP contribution >= 0.6 is 0 Å². The van der Waals surface area contributed by atoms with E-state index in [0.717, 1.165) is 40.6 Å². The molecule has 2 aliphatic rings. The molecule has 0 bridgehead atoms. The summed E-state index contributed by atoms with van der Waals surface area (Å²) in [4.78, 5) is 15.7. The SMILES string of the molecule is C1=NC2=C(CN1c1ccccc1)c1ccncc1Nc1ncccc12. The van der Waals surface area contributed by atoms with Crippen molar-refractivity contribution in [2.24, 2.45) is 4.99 Å². The van der Waals surface area contributed by atoms with Crippen LogP contribution in [0.2, 0.25) is 0 Å². The topological polar surface area (TPSA) is 53.4 Å². The van der Waals surface area contributed by atoms with E-state index >= 15 is 0 Å². The van der Waals surface area contributed by atoms with Crippen LogP contribution in [0.5, 0.6) is 0 Å². The molecule has 120 valence electrons. The molecule has 0 aliphatic carbocycles. The molecule has 2 aromatic heterocycles. The van der Waals surface area contributed by atoms with E-state index in [2.05, 4.69) is 38.4 Å². The summed E-state index contributed by atoms with van der Waals surface area (Å²) in [5.74, 6) is 0.812. The summed E-state index contributed by atoms with van der Waals surface area (Å²) < 4.78 is 0. The highest BCUT2D eigenvalue weighted by atomic mass is 15.2. The van der Waals surface area contributed by atoms with Crippen molar-refractivity contribution in [3.05, 3.63) is 78.2 Å². The van der Waals surface area contributed by atoms with Crippen molar-refractivity contribution in [1.82, 2.24) is 9.97 Å². The molecule has 0 saturated carbocycles. The van der Waals surface area contributed by atoms with Crippen LogP contribution in [0.15, 0.2) is 72.1 Å². The Bertz CT molecular complexity index is 1010. The van der Waals surface area contributed by atoms with Crippen LogP contribution in [0.25, 0.3) is 11.3 Å². The maximum absolute atomic E-state index is 4.79. The van der Waals surface area contributed by atoms with Gasteiger partial charge in [0, 0.05) is 34.8 Å². The monoisotopic (exact) mass is 325 g/mol. The minimum atomic E-state index is 0.746. The number of benzene rings is 1. The number of nitrogens with zero attached hydrogens (tertiary/aromatic N) is 4. The quantitative estimate of drug-likeness (QED) is 0.736. The van der Waals surface area contributed by atoms with Crippen LogP contribution in [-0.4, -0.2) is 22.9 Å². The highest BCUT2D eigenvalue weighted by molar-refractivity contribution is 6.06. The minimum absolute atomic E-state index is 0.746. The summed E-state index contributed by atoms with van der Waals surface area (Å²) in [6, 6.07) is 16.3. The van der Waals surface area contributed by atoms with Crippen molar-refractivity contribution in [2.75, 3.05) is 16.8 Å². The molecule has 4 heterocycles. The first-order valence-electron chi connectivity index (χ1n) is 8.16. The predicted octanol–water partition coefficient (Wildman–Crippen LogP) is 3.95. The maximum atomic E-state index is 4.79. The van der Waals surface area contributed by atoms with Gasteiger partial charge in [0.15, 0.2) is 0 Å². The first kappa shape index (κ1) is 13.9. The summed E-state index contributed by atoms with van der Waals surface area (Å²) in [5.41, 5.74) is 6.34. The lowest BCUT2D eigenvalue weighted by atomic mass is 9.99. The number of pyridine rings is 2. The van der Waals surface area contributed by atoms with Gasteiger partial charge in [-0.15, -0.1) is 0 Å². The van der Waals surface area contributed by atoms with Crippen LogP contribution in [0, 0.1) is 0 Å². The van der Waals surface area contributed by atoms with Crippen LogP contribution in [0.1, 0.15) is 11.1 Å². The normalized spacial score (nSPS) is 15.0. The number of fused-ring (bicyclic) bond motifs is 4.